The van der Waals surface area contributed by atoms with Gasteiger partial charge in [0.15, 0.2) is 10.9 Å². The number of benzene rings is 2. The van der Waals surface area contributed by atoms with E-state index in [0.717, 1.165) is 23.0 Å². The highest BCUT2D eigenvalue weighted by Crippen LogP contribution is 2.18. The van der Waals surface area contributed by atoms with E-state index < -0.39 is 0 Å². The Morgan fingerprint density at radius 3 is 2.63 bits per heavy atom. The molecule has 2 N–H and O–H groups in total. The van der Waals surface area contributed by atoms with Gasteiger partial charge in [-0.05, 0) is 48.9 Å². The van der Waals surface area contributed by atoms with Gasteiger partial charge < -0.3 is 10.1 Å². The second-order valence-electron chi connectivity index (χ2n) is 5.74. The molecule has 27 heavy (non-hydrogen) atoms. The molecular weight excluding hydrogens is 364 g/mol. The van der Waals surface area contributed by atoms with Gasteiger partial charge in [-0.1, -0.05) is 23.9 Å². The van der Waals surface area contributed by atoms with Crippen molar-refractivity contribution < 1.29 is 9.53 Å². The van der Waals surface area contributed by atoms with Gasteiger partial charge in [-0.2, -0.15) is 0 Å². The zero-order valence-electron chi connectivity index (χ0n) is 14.9. The molecule has 0 saturated carbocycles. The molecule has 0 saturated heterocycles. The van der Waals surface area contributed by atoms with E-state index in [1.54, 1.807) is 31.4 Å². The Bertz CT molecular complexity index is 1000. The van der Waals surface area contributed by atoms with E-state index in [1.807, 2.05) is 31.2 Å². The number of nitrogens with one attached hydrogen (secondary N) is 2. The van der Waals surface area contributed by atoms with Gasteiger partial charge >= 0.3 is 0 Å². The van der Waals surface area contributed by atoms with Crippen molar-refractivity contribution in [1.29, 1.82) is 0 Å². The average molecular weight is 382 g/mol. The lowest BCUT2D eigenvalue weighted by Gasteiger charge is -2.06. The molecule has 0 atom stereocenters. The fourth-order valence-corrected chi connectivity index (χ4v) is 2.98. The molecule has 2 aromatic carbocycles. The summed E-state index contributed by atoms with van der Waals surface area (Å²) in [6.45, 7) is 1.95. The maximum atomic E-state index is 12.3. The third-order valence-electron chi connectivity index (χ3n) is 3.68. The monoisotopic (exact) mass is 382 g/mol. The first-order valence-corrected chi connectivity index (χ1v) is 9.14. The lowest BCUT2D eigenvalue weighted by molar-refractivity contribution is -0.113. The quantitative estimate of drug-likeness (QED) is 0.636. The fourth-order valence-electron chi connectivity index (χ4n) is 2.38. The van der Waals surface area contributed by atoms with Crippen LogP contribution in [0.15, 0.2) is 58.5 Å². The lowest BCUT2D eigenvalue weighted by Crippen LogP contribution is -2.17. The number of methoxy groups -OCH3 is 1. The molecule has 1 amide bonds. The molecule has 0 radical (unpaired) electrons. The van der Waals surface area contributed by atoms with Crippen LogP contribution in [-0.2, 0) is 4.79 Å². The molecule has 1 aromatic heterocycles. The van der Waals surface area contributed by atoms with Crippen LogP contribution in [0.4, 0.5) is 5.69 Å². The largest absolute Gasteiger partial charge is 0.497 e. The van der Waals surface area contributed by atoms with Crippen molar-refractivity contribution in [1.82, 2.24) is 15.2 Å². The number of hydrogen-bond donors (Lipinski definition) is 2. The molecule has 0 spiro atoms. The number of rotatable bonds is 6. The molecule has 8 heteroatoms. The summed E-state index contributed by atoms with van der Waals surface area (Å²) < 4.78 is 5.09. The van der Waals surface area contributed by atoms with Crippen LogP contribution in [0.3, 0.4) is 0 Å². The lowest BCUT2D eigenvalue weighted by atomic mass is 10.1. The predicted molar refractivity (Wildman–Crippen MR) is 105 cm³/mol. The topological polar surface area (TPSA) is 97.0 Å². The van der Waals surface area contributed by atoms with Crippen molar-refractivity contribution in [2.75, 3.05) is 18.2 Å². The number of nitrogens with zero attached hydrogens (tertiary/aromatic N) is 2. The number of aryl methyl sites for hydroxylation is 1. The van der Waals surface area contributed by atoms with Gasteiger partial charge in [-0.25, -0.2) is 0 Å². The smallest absolute Gasteiger partial charge is 0.278 e. The minimum atomic E-state index is -0.364. The van der Waals surface area contributed by atoms with E-state index >= 15 is 0 Å². The molecule has 1 heterocycles. The molecule has 0 aliphatic heterocycles. The first-order chi connectivity index (χ1) is 13.0. The molecule has 3 rings (SSSR count). The Balaban J connectivity index is 1.63. The summed E-state index contributed by atoms with van der Waals surface area (Å²) in [6.07, 6.45) is 0. The van der Waals surface area contributed by atoms with E-state index in [0.29, 0.717) is 11.3 Å². The number of aromatic amines is 1. The highest BCUT2D eigenvalue weighted by atomic mass is 32.2. The molecule has 0 unspecified atom stereocenters. The van der Waals surface area contributed by atoms with E-state index in [-0.39, 0.29) is 28.1 Å². The molecule has 0 aliphatic carbocycles. The first-order valence-electron chi connectivity index (χ1n) is 8.16. The van der Waals surface area contributed by atoms with Gasteiger partial charge in [0, 0.05) is 11.3 Å². The number of hydrogen-bond acceptors (Lipinski definition) is 6. The second-order valence-corrected chi connectivity index (χ2v) is 6.71. The number of carbonyl (C=O) groups excluding carboxylic acids is 1. The van der Waals surface area contributed by atoms with Crippen molar-refractivity contribution >= 4 is 23.4 Å². The van der Waals surface area contributed by atoms with Crippen LogP contribution < -0.4 is 15.6 Å². The molecule has 3 aromatic rings. The van der Waals surface area contributed by atoms with Crippen LogP contribution in [0.2, 0.25) is 0 Å². The van der Waals surface area contributed by atoms with Crippen LogP contribution in [0.5, 0.6) is 5.75 Å². The molecular formula is C19H18N4O3S. The molecule has 0 aliphatic rings. The van der Waals surface area contributed by atoms with E-state index in [4.69, 9.17) is 4.74 Å². The zero-order chi connectivity index (χ0) is 19.2. The van der Waals surface area contributed by atoms with Gasteiger partial charge in [0.05, 0.1) is 12.9 Å². The van der Waals surface area contributed by atoms with E-state index in [1.165, 1.54) is 0 Å². The number of thioether (sulfide) groups is 1. The summed E-state index contributed by atoms with van der Waals surface area (Å²) in [4.78, 5) is 27.0. The van der Waals surface area contributed by atoms with Gasteiger partial charge in [-0.15, -0.1) is 10.2 Å². The average Bonchev–Trinajstić information content (AvgIpc) is 2.67. The number of amides is 1. The number of ether oxygens (including phenoxy) is 1. The van der Waals surface area contributed by atoms with Gasteiger partial charge in [0.25, 0.3) is 5.56 Å². The number of carbonyl (C=O) groups is 1. The summed E-state index contributed by atoms with van der Waals surface area (Å²) in [5.74, 6) is 0.614. The predicted octanol–water partition coefficient (Wildman–Crippen LogP) is 2.88. The third-order valence-corrected chi connectivity index (χ3v) is 4.55. The maximum Gasteiger partial charge on any atom is 0.278 e. The van der Waals surface area contributed by atoms with Crippen LogP contribution in [0.25, 0.3) is 11.3 Å². The Hall–Kier alpha value is -3.13. The highest BCUT2D eigenvalue weighted by Gasteiger charge is 2.10. The van der Waals surface area contributed by atoms with Crippen molar-refractivity contribution in [3.05, 3.63) is 64.4 Å². The van der Waals surface area contributed by atoms with Gasteiger partial charge in [0.2, 0.25) is 5.91 Å². The minimum absolute atomic E-state index is 0.112. The maximum absolute atomic E-state index is 12.3. The molecule has 138 valence electrons. The van der Waals surface area contributed by atoms with Gasteiger partial charge in [-0.3, -0.25) is 14.6 Å². The van der Waals surface area contributed by atoms with Crippen LogP contribution in [0, 0.1) is 6.92 Å². The van der Waals surface area contributed by atoms with Crippen molar-refractivity contribution in [3.63, 3.8) is 0 Å². The van der Waals surface area contributed by atoms with Crippen LogP contribution >= 0.6 is 11.8 Å². The Morgan fingerprint density at radius 1 is 1.19 bits per heavy atom. The molecule has 0 fully saturated rings. The summed E-state index contributed by atoms with van der Waals surface area (Å²) >= 11 is 1.11. The van der Waals surface area contributed by atoms with E-state index in [2.05, 4.69) is 20.5 Å². The third kappa shape index (κ3) is 4.95. The number of anilines is 1. The zero-order valence-corrected chi connectivity index (χ0v) is 15.7. The Morgan fingerprint density at radius 2 is 1.96 bits per heavy atom. The molecule has 0 bridgehead atoms. The summed E-state index contributed by atoms with van der Waals surface area (Å²) in [5, 5.41) is 11.1. The van der Waals surface area contributed by atoms with Crippen LogP contribution in [-0.4, -0.2) is 34.0 Å². The van der Waals surface area contributed by atoms with Crippen molar-refractivity contribution in [2.24, 2.45) is 0 Å². The Kier molecular flexibility index (Phi) is 5.87. The fraction of sp³-hybridized carbons (Fsp3) is 0.158. The first kappa shape index (κ1) is 18.7. The van der Waals surface area contributed by atoms with Crippen LogP contribution in [0.1, 0.15) is 5.56 Å². The summed E-state index contributed by atoms with van der Waals surface area (Å²) in [6, 6.07) is 14.5. The number of H-pyrrole nitrogens is 1. The Labute approximate surface area is 160 Å². The second kappa shape index (κ2) is 8.50. The standard InChI is InChI=1S/C19H18N4O3S/c1-12-4-3-5-14(10-12)20-16(24)11-27-19-21-18(25)17(22-23-19)13-6-8-15(26-2)9-7-13/h3-10H,11H2,1-2H3,(H,20,24)(H,21,23,25). The minimum Gasteiger partial charge on any atom is -0.497 e. The number of aromatic nitrogens is 3. The highest BCUT2D eigenvalue weighted by molar-refractivity contribution is 7.99. The molecule has 7 nitrogen and oxygen atoms in total. The summed E-state index contributed by atoms with van der Waals surface area (Å²) in [5.41, 5.74) is 2.28. The summed E-state index contributed by atoms with van der Waals surface area (Å²) in [7, 11) is 1.57. The van der Waals surface area contributed by atoms with E-state index in [9.17, 15) is 9.59 Å². The normalized spacial score (nSPS) is 10.4. The van der Waals surface area contributed by atoms with Crippen molar-refractivity contribution in [3.8, 4) is 17.0 Å². The van der Waals surface area contributed by atoms with Crippen molar-refractivity contribution in [2.45, 2.75) is 12.1 Å². The SMILES string of the molecule is COc1ccc(-c2nnc(SCC(=O)Nc3cccc(C)c3)[nH]c2=O)cc1. The van der Waals surface area contributed by atoms with Gasteiger partial charge in [0.1, 0.15) is 5.75 Å².